The van der Waals surface area contributed by atoms with Crippen molar-refractivity contribution in [2.75, 3.05) is 18.1 Å². The zero-order valence-corrected chi connectivity index (χ0v) is 19.3. The van der Waals surface area contributed by atoms with Gasteiger partial charge in [-0.25, -0.2) is 9.50 Å². The van der Waals surface area contributed by atoms with Crippen molar-refractivity contribution in [2.24, 2.45) is 0 Å². The van der Waals surface area contributed by atoms with Gasteiger partial charge in [-0.1, -0.05) is 12.1 Å². The van der Waals surface area contributed by atoms with Gasteiger partial charge in [-0.05, 0) is 54.8 Å². The first-order chi connectivity index (χ1) is 17.6. The van der Waals surface area contributed by atoms with Gasteiger partial charge in [0.25, 0.3) is 11.8 Å². The van der Waals surface area contributed by atoms with E-state index in [2.05, 4.69) is 21.5 Å². The number of carbonyl (C=O) groups is 2. The number of hydrogen-bond acceptors (Lipinski definition) is 6. The highest BCUT2D eigenvalue weighted by Crippen LogP contribution is 2.33. The molecule has 0 radical (unpaired) electrons. The fourth-order valence-corrected chi connectivity index (χ4v) is 4.25. The molecule has 1 saturated heterocycles. The lowest BCUT2D eigenvalue weighted by atomic mass is 10.0. The largest absolute Gasteiger partial charge is 0.377 e. The molecule has 36 heavy (non-hydrogen) atoms. The Labute approximate surface area is 206 Å². The molecule has 9 heteroatoms. The molecule has 1 saturated carbocycles. The number of amides is 2. The molecule has 4 heterocycles. The van der Waals surface area contributed by atoms with Crippen LogP contribution in [0.2, 0.25) is 0 Å². The SMILES string of the molecule is N#Cc1ccc(N(C(=O)c2ccn3ncc(-c4ccc(C(=O)NC5COC5)cc4)c3c2)C2CC2)nc1. The van der Waals surface area contributed by atoms with Crippen LogP contribution >= 0.6 is 0 Å². The minimum atomic E-state index is -0.142. The molecule has 0 bridgehead atoms. The summed E-state index contributed by atoms with van der Waals surface area (Å²) >= 11 is 0. The van der Waals surface area contributed by atoms with Crippen LogP contribution in [0.4, 0.5) is 5.82 Å². The van der Waals surface area contributed by atoms with Crippen LogP contribution in [0.5, 0.6) is 0 Å². The Balaban J connectivity index is 1.28. The van der Waals surface area contributed by atoms with Crippen molar-refractivity contribution in [3.8, 4) is 17.2 Å². The van der Waals surface area contributed by atoms with Gasteiger partial charge in [-0.2, -0.15) is 10.4 Å². The number of aromatic nitrogens is 3. The first-order valence-electron chi connectivity index (χ1n) is 11.8. The highest BCUT2D eigenvalue weighted by molar-refractivity contribution is 6.07. The molecule has 4 aromatic rings. The number of hydrogen-bond donors (Lipinski definition) is 1. The van der Waals surface area contributed by atoms with Gasteiger partial charge < -0.3 is 10.1 Å². The second-order valence-corrected chi connectivity index (χ2v) is 9.01. The predicted molar refractivity (Wildman–Crippen MR) is 131 cm³/mol. The molecule has 1 aliphatic heterocycles. The Morgan fingerprint density at radius 1 is 1.06 bits per heavy atom. The Kier molecular flexibility index (Phi) is 5.43. The Hall–Kier alpha value is -4.55. The summed E-state index contributed by atoms with van der Waals surface area (Å²) in [6.45, 7) is 1.10. The molecular formula is C27H22N6O3. The molecule has 2 fully saturated rings. The lowest BCUT2D eigenvalue weighted by Crippen LogP contribution is -2.48. The maximum atomic E-state index is 13.6. The predicted octanol–water partition coefficient (Wildman–Crippen LogP) is 3.21. The van der Waals surface area contributed by atoms with Crippen molar-refractivity contribution < 1.29 is 14.3 Å². The quantitative estimate of drug-likeness (QED) is 0.455. The van der Waals surface area contributed by atoms with Crippen molar-refractivity contribution in [3.05, 3.63) is 83.8 Å². The first-order valence-corrected chi connectivity index (χ1v) is 11.8. The van der Waals surface area contributed by atoms with Crippen LogP contribution in [-0.4, -0.2) is 51.7 Å². The second-order valence-electron chi connectivity index (χ2n) is 9.01. The van der Waals surface area contributed by atoms with Gasteiger partial charge in [-0.15, -0.1) is 0 Å². The van der Waals surface area contributed by atoms with Gasteiger partial charge in [0.15, 0.2) is 0 Å². The summed E-state index contributed by atoms with van der Waals surface area (Å²) in [5.41, 5.74) is 4.10. The van der Waals surface area contributed by atoms with E-state index in [4.69, 9.17) is 10.00 Å². The van der Waals surface area contributed by atoms with Crippen LogP contribution < -0.4 is 10.2 Å². The number of nitrogens with zero attached hydrogens (tertiary/aromatic N) is 5. The maximum absolute atomic E-state index is 13.6. The minimum Gasteiger partial charge on any atom is -0.377 e. The number of benzene rings is 1. The van der Waals surface area contributed by atoms with Crippen molar-refractivity contribution >= 4 is 23.1 Å². The average Bonchev–Trinajstić information content (AvgIpc) is 3.64. The lowest BCUT2D eigenvalue weighted by molar-refractivity contribution is -0.00346. The first kappa shape index (κ1) is 21.9. The summed E-state index contributed by atoms with van der Waals surface area (Å²) in [7, 11) is 0. The van der Waals surface area contributed by atoms with Crippen LogP contribution in [0, 0.1) is 11.3 Å². The molecule has 3 aromatic heterocycles. The van der Waals surface area contributed by atoms with Crippen LogP contribution in [-0.2, 0) is 4.74 Å². The molecule has 2 amide bonds. The van der Waals surface area contributed by atoms with Gasteiger partial charge in [0, 0.05) is 35.1 Å². The third kappa shape index (κ3) is 4.08. The molecule has 2 aliphatic rings. The number of rotatable bonds is 6. The number of nitriles is 1. The zero-order chi connectivity index (χ0) is 24.6. The summed E-state index contributed by atoms with van der Waals surface area (Å²) in [6, 6.07) is 16.5. The molecule has 1 aromatic carbocycles. The third-order valence-corrected chi connectivity index (χ3v) is 6.45. The summed E-state index contributed by atoms with van der Waals surface area (Å²) in [5.74, 6) is 0.271. The topological polar surface area (TPSA) is 113 Å². The Bertz CT molecular complexity index is 1500. The fourth-order valence-electron chi connectivity index (χ4n) is 4.25. The molecule has 0 unspecified atom stereocenters. The third-order valence-electron chi connectivity index (χ3n) is 6.45. The van der Waals surface area contributed by atoms with Gasteiger partial charge in [0.05, 0.1) is 36.5 Å². The van der Waals surface area contributed by atoms with Gasteiger partial charge in [-0.3, -0.25) is 14.5 Å². The van der Waals surface area contributed by atoms with Crippen LogP contribution in [0.15, 0.2) is 67.1 Å². The Morgan fingerprint density at radius 3 is 2.50 bits per heavy atom. The van der Waals surface area contributed by atoms with Gasteiger partial charge in [0.2, 0.25) is 0 Å². The number of fused-ring (bicyclic) bond motifs is 1. The number of pyridine rings is 2. The van der Waals surface area contributed by atoms with E-state index in [9.17, 15) is 9.59 Å². The van der Waals surface area contributed by atoms with E-state index in [1.165, 1.54) is 6.20 Å². The van der Waals surface area contributed by atoms with Gasteiger partial charge in [0.1, 0.15) is 11.9 Å². The van der Waals surface area contributed by atoms with E-state index in [0.717, 1.165) is 29.5 Å². The smallest absolute Gasteiger partial charge is 0.259 e. The molecule has 1 aliphatic carbocycles. The molecule has 9 nitrogen and oxygen atoms in total. The van der Waals surface area contributed by atoms with Crippen molar-refractivity contribution in [2.45, 2.75) is 24.9 Å². The molecule has 1 N–H and O–H groups in total. The van der Waals surface area contributed by atoms with Crippen molar-refractivity contribution in [1.29, 1.82) is 5.26 Å². The molecule has 6 rings (SSSR count). The summed E-state index contributed by atoms with van der Waals surface area (Å²) in [4.78, 5) is 32.0. The standard InChI is InChI=1S/C27H22N6O3/c28-12-17-1-8-25(29-13-17)33(22-6-7-22)27(35)20-9-10-32-24(11-20)23(14-30-32)18-2-4-19(5-3-18)26(34)31-21-15-36-16-21/h1-5,8-11,13-14,21-22H,6-7,15-16H2,(H,31,34). The number of nitrogens with one attached hydrogen (secondary N) is 1. The summed E-state index contributed by atoms with van der Waals surface area (Å²) in [5, 5.41) is 16.4. The van der Waals surface area contributed by atoms with Crippen LogP contribution in [0.3, 0.4) is 0 Å². The highest BCUT2D eigenvalue weighted by Gasteiger charge is 2.35. The fraction of sp³-hybridized carbons (Fsp3) is 0.222. The van der Waals surface area contributed by atoms with Crippen molar-refractivity contribution in [1.82, 2.24) is 19.9 Å². The number of carbonyl (C=O) groups excluding carboxylic acids is 2. The zero-order valence-electron chi connectivity index (χ0n) is 19.3. The molecule has 178 valence electrons. The maximum Gasteiger partial charge on any atom is 0.259 e. The van der Waals surface area contributed by atoms with E-state index in [1.54, 1.807) is 52.1 Å². The van der Waals surface area contributed by atoms with E-state index < -0.39 is 0 Å². The second kappa shape index (κ2) is 8.91. The highest BCUT2D eigenvalue weighted by atomic mass is 16.5. The Morgan fingerprint density at radius 2 is 1.86 bits per heavy atom. The van der Waals surface area contributed by atoms with Crippen molar-refractivity contribution in [3.63, 3.8) is 0 Å². The van der Waals surface area contributed by atoms with Crippen LogP contribution in [0.25, 0.3) is 16.6 Å². The monoisotopic (exact) mass is 478 g/mol. The molecule has 0 atom stereocenters. The molecular weight excluding hydrogens is 456 g/mol. The van der Waals surface area contributed by atoms with Crippen LogP contribution in [0.1, 0.15) is 39.1 Å². The number of anilines is 1. The molecule has 0 spiro atoms. The van der Waals surface area contributed by atoms with Gasteiger partial charge >= 0.3 is 0 Å². The summed E-state index contributed by atoms with van der Waals surface area (Å²) in [6.07, 6.45) is 6.85. The lowest BCUT2D eigenvalue weighted by Gasteiger charge is -2.26. The number of ether oxygens (including phenoxy) is 1. The average molecular weight is 479 g/mol. The summed E-state index contributed by atoms with van der Waals surface area (Å²) < 4.78 is 6.83. The van der Waals surface area contributed by atoms with E-state index in [0.29, 0.717) is 35.7 Å². The minimum absolute atomic E-state index is 0.0717. The normalized spacial score (nSPS) is 15.2. The van der Waals surface area contributed by atoms with E-state index in [1.807, 2.05) is 18.2 Å². The van der Waals surface area contributed by atoms with E-state index in [-0.39, 0.29) is 23.9 Å². The van der Waals surface area contributed by atoms with E-state index >= 15 is 0 Å².